The van der Waals surface area contributed by atoms with E-state index in [-0.39, 0.29) is 6.04 Å². The molecule has 3 heteroatoms. The highest BCUT2D eigenvalue weighted by Gasteiger charge is 2.19. The number of nitrogens with zero attached hydrogens (tertiary/aromatic N) is 1. The predicted octanol–water partition coefficient (Wildman–Crippen LogP) is 4.41. The minimum absolute atomic E-state index is 0.193. The number of thiazole rings is 1. The number of aryl methyl sites for hydroxylation is 3. The number of nitrogens with one attached hydrogen (secondary N) is 1. The summed E-state index contributed by atoms with van der Waals surface area (Å²) in [5.41, 5.74) is 3.82. The second-order valence-electron chi connectivity index (χ2n) is 5.54. The quantitative estimate of drug-likeness (QED) is 0.881. The number of benzene rings is 1. The smallest absolute Gasteiger partial charge is 0.115 e. The molecule has 1 heterocycles. The monoisotopic (exact) mass is 288 g/mol. The van der Waals surface area contributed by atoms with Gasteiger partial charge in [-0.15, -0.1) is 11.3 Å². The standard InChI is InChI=1S/C17H24N2S/c1-6-14-7-9-15(10-8-14)16(18-11(2)3)17-19-12(4)13(5)20-17/h7-11,16,18H,6H2,1-5H3. The van der Waals surface area contributed by atoms with Gasteiger partial charge in [-0.3, -0.25) is 0 Å². The topological polar surface area (TPSA) is 24.9 Å². The Morgan fingerprint density at radius 1 is 1.15 bits per heavy atom. The average molecular weight is 288 g/mol. The van der Waals surface area contributed by atoms with Gasteiger partial charge in [-0.25, -0.2) is 4.98 Å². The summed E-state index contributed by atoms with van der Waals surface area (Å²) in [7, 11) is 0. The van der Waals surface area contributed by atoms with E-state index in [9.17, 15) is 0 Å². The Kier molecular flexibility index (Phi) is 4.95. The lowest BCUT2D eigenvalue weighted by atomic mass is 10.0. The molecule has 108 valence electrons. The second-order valence-corrected chi connectivity index (χ2v) is 6.78. The maximum atomic E-state index is 4.74. The van der Waals surface area contributed by atoms with E-state index in [1.807, 2.05) is 0 Å². The first-order chi connectivity index (χ1) is 9.51. The van der Waals surface area contributed by atoms with Crippen LogP contribution in [0, 0.1) is 13.8 Å². The Bertz CT molecular complexity index is 535. The molecule has 2 nitrogen and oxygen atoms in total. The van der Waals surface area contributed by atoms with E-state index in [2.05, 4.69) is 64.2 Å². The van der Waals surface area contributed by atoms with Gasteiger partial charge in [0.2, 0.25) is 0 Å². The molecule has 1 unspecified atom stereocenters. The van der Waals surface area contributed by atoms with Crippen LogP contribution in [-0.4, -0.2) is 11.0 Å². The van der Waals surface area contributed by atoms with Crippen LogP contribution < -0.4 is 5.32 Å². The summed E-state index contributed by atoms with van der Waals surface area (Å²) in [6.45, 7) is 10.8. The summed E-state index contributed by atoms with van der Waals surface area (Å²) in [4.78, 5) is 6.04. The van der Waals surface area contributed by atoms with Crippen LogP contribution in [0.3, 0.4) is 0 Å². The highest BCUT2D eigenvalue weighted by molar-refractivity contribution is 7.11. The first-order valence-corrected chi connectivity index (χ1v) is 8.11. The van der Waals surface area contributed by atoms with E-state index < -0.39 is 0 Å². The van der Waals surface area contributed by atoms with Crippen molar-refractivity contribution < 1.29 is 0 Å². The molecule has 0 aliphatic carbocycles. The minimum atomic E-state index is 0.193. The van der Waals surface area contributed by atoms with Crippen LogP contribution in [0.2, 0.25) is 0 Å². The number of rotatable bonds is 5. The van der Waals surface area contributed by atoms with Gasteiger partial charge >= 0.3 is 0 Å². The molecule has 1 aromatic heterocycles. The highest BCUT2D eigenvalue weighted by Crippen LogP contribution is 2.28. The van der Waals surface area contributed by atoms with Crippen molar-refractivity contribution in [1.82, 2.24) is 10.3 Å². The van der Waals surface area contributed by atoms with Crippen molar-refractivity contribution in [2.75, 3.05) is 0 Å². The van der Waals surface area contributed by atoms with Crippen molar-refractivity contribution in [1.29, 1.82) is 0 Å². The molecule has 2 aromatic rings. The molecular formula is C17H24N2S. The van der Waals surface area contributed by atoms with Crippen molar-refractivity contribution in [2.45, 2.75) is 53.1 Å². The third-order valence-corrected chi connectivity index (χ3v) is 4.65. The number of aromatic nitrogens is 1. The van der Waals surface area contributed by atoms with Crippen molar-refractivity contribution in [3.05, 3.63) is 51.0 Å². The van der Waals surface area contributed by atoms with E-state index in [1.165, 1.54) is 16.0 Å². The Balaban J connectivity index is 2.35. The molecule has 2 rings (SSSR count). The van der Waals surface area contributed by atoms with Crippen molar-refractivity contribution in [3.8, 4) is 0 Å². The van der Waals surface area contributed by atoms with Gasteiger partial charge in [-0.05, 0) is 45.2 Å². The zero-order chi connectivity index (χ0) is 14.7. The molecule has 0 saturated carbocycles. The van der Waals surface area contributed by atoms with E-state index in [4.69, 9.17) is 4.98 Å². The van der Waals surface area contributed by atoms with Crippen LogP contribution in [0.5, 0.6) is 0 Å². The van der Waals surface area contributed by atoms with Crippen molar-refractivity contribution >= 4 is 11.3 Å². The van der Waals surface area contributed by atoms with Gasteiger partial charge in [0, 0.05) is 10.9 Å². The lowest BCUT2D eigenvalue weighted by Crippen LogP contribution is -2.28. The zero-order valence-electron chi connectivity index (χ0n) is 13.0. The zero-order valence-corrected chi connectivity index (χ0v) is 13.8. The maximum absolute atomic E-state index is 4.74. The Hall–Kier alpha value is -1.19. The summed E-state index contributed by atoms with van der Waals surface area (Å²) in [6, 6.07) is 9.51. The van der Waals surface area contributed by atoms with Gasteiger partial charge < -0.3 is 5.32 Å². The first-order valence-electron chi connectivity index (χ1n) is 7.30. The largest absolute Gasteiger partial charge is 0.302 e. The molecule has 1 aromatic carbocycles. The van der Waals surface area contributed by atoms with Crippen molar-refractivity contribution in [3.63, 3.8) is 0 Å². The van der Waals surface area contributed by atoms with Crippen LogP contribution in [0.1, 0.15) is 53.5 Å². The lowest BCUT2D eigenvalue weighted by molar-refractivity contribution is 0.526. The molecule has 0 amide bonds. The summed E-state index contributed by atoms with van der Waals surface area (Å²) in [5.74, 6) is 0. The number of hydrogen-bond donors (Lipinski definition) is 1. The van der Waals surface area contributed by atoms with Gasteiger partial charge in [0.15, 0.2) is 0 Å². The first kappa shape index (κ1) is 15.2. The highest BCUT2D eigenvalue weighted by atomic mass is 32.1. The molecule has 0 bridgehead atoms. The normalized spacial score (nSPS) is 12.9. The fraction of sp³-hybridized carbons (Fsp3) is 0.471. The van der Waals surface area contributed by atoms with Crippen LogP contribution >= 0.6 is 11.3 Å². The molecule has 1 N–H and O–H groups in total. The lowest BCUT2D eigenvalue weighted by Gasteiger charge is -2.20. The SMILES string of the molecule is CCc1ccc(C(NC(C)C)c2nc(C)c(C)s2)cc1. The van der Waals surface area contributed by atoms with E-state index in [0.29, 0.717) is 6.04 Å². The summed E-state index contributed by atoms with van der Waals surface area (Å²) in [5, 5.41) is 4.80. The van der Waals surface area contributed by atoms with Crippen LogP contribution in [-0.2, 0) is 6.42 Å². The Morgan fingerprint density at radius 3 is 2.25 bits per heavy atom. The molecular weight excluding hydrogens is 264 g/mol. The minimum Gasteiger partial charge on any atom is -0.302 e. The van der Waals surface area contributed by atoms with Gasteiger partial charge in [0.05, 0.1) is 11.7 Å². The Morgan fingerprint density at radius 2 is 1.80 bits per heavy atom. The molecule has 0 radical (unpaired) electrons. The van der Waals surface area contributed by atoms with Crippen LogP contribution in [0.25, 0.3) is 0 Å². The molecule has 0 saturated heterocycles. The van der Waals surface area contributed by atoms with E-state index >= 15 is 0 Å². The van der Waals surface area contributed by atoms with Crippen LogP contribution in [0.4, 0.5) is 0 Å². The van der Waals surface area contributed by atoms with Gasteiger partial charge in [-0.2, -0.15) is 0 Å². The van der Waals surface area contributed by atoms with Crippen molar-refractivity contribution in [2.24, 2.45) is 0 Å². The molecule has 0 aliphatic heterocycles. The van der Waals surface area contributed by atoms with Gasteiger partial charge in [0.25, 0.3) is 0 Å². The predicted molar refractivity (Wildman–Crippen MR) is 87.5 cm³/mol. The summed E-state index contributed by atoms with van der Waals surface area (Å²) < 4.78 is 0. The second kappa shape index (κ2) is 6.51. The van der Waals surface area contributed by atoms with Gasteiger partial charge in [0.1, 0.15) is 5.01 Å². The maximum Gasteiger partial charge on any atom is 0.115 e. The average Bonchev–Trinajstić information content (AvgIpc) is 2.76. The Labute approximate surface area is 126 Å². The third-order valence-electron chi connectivity index (χ3n) is 3.51. The van der Waals surface area contributed by atoms with Crippen LogP contribution in [0.15, 0.2) is 24.3 Å². The fourth-order valence-electron chi connectivity index (χ4n) is 2.21. The molecule has 20 heavy (non-hydrogen) atoms. The van der Waals surface area contributed by atoms with Gasteiger partial charge in [-0.1, -0.05) is 31.2 Å². The molecule has 0 spiro atoms. The molecule has 0 aliphatic rings. The fourth-order valence-corrected chi connectivity index (χ4v) is 3.22. The third kappa shape index (κ3) is 3.47. The van der Waals surface area contributed by atoms with E-state index in [0.717, 1.165) is 17.1 Å². The molecule has 1 atom stereocenters. The molecule has 0 fully saturated rings. The van der Waals surface area contributed by atoms with E-state index in [1.54, 1.807) is 11.3 Å². The summed E-state index contributed by atoms with van der Waals surface area (Å²) in [6.07, 6.45) is 1.08. The summed E-state index contributed by atoms with van der Waals surface area (Å²) >= 11 is 1.80. The number of hydrogen-bond acceptors (Lipinski definition) is 3.